The molecule has 0 aliphatic rings. The number of hydrogen-bond acceptors (Lipinski definition) is 3. The number of hydrogen-bond donors (Lipinski definition) is 2. The van der Waals surface area contributed by atoms with Gasteiger partial charge in [0.05, 0.1) is 6.42 Å². The zero-order chi connectivity index (χ0) is 12.3. The number of aromatic nitrogens is 3. The number of aryl methyl sites for hydroxylation is 1. The molecule has 0 aliphatic heterocycles. The second kappa shape index (κ2) is 4.78. The van der Waals surface area contributed by atoms with Crippen molar-refractivity contribution in [1.29, 1.82) is 0 Å². The van der Waals surface area contributed by atoms with E-state index < -0.39 is 5.97 Å². The van der Waals surface area contributed by atoms with Crippen molar-refractivity contribution in [2.75, 3.05) is 0 Å². The maximum absolute atomic E-state index is 10.9. The molecule has 0 amide bonds. The number of carboxylic acids is 1. The fourth-order valence-corrected chi connectivity index (χ4v) is 1.79. The molecule has 2 rings (SSSR count). The minimum atomic E-state index is -0.834. The lowest BCUT2D eigenvalue weighted by Gasteiger charge is -2.12. The minimum Gasteiger partial charge on any atom is -0.481 e. The summed E-state index contributed by atoms with van der Waals surface area (Å²) in [5, 5.41) is 8.96. The molecule has 17 heavy (non-hydrogen) atoms. The van der Waals surface area contributed by atoms with E-state index in [1.165, 1.54) is 0 Å². The first-order chi connectivity index (χ1) is 8.16. The predicted molar refractivity (Wildman–Crippen MR) is 61.7 cm³/mol. The lowest BCUT2D eigenvalue weighted by molar-refractivity contribution is -0.137. The Morgan fingerprint density at radius 1 is 1.47 bits per heavy atom. The quantitative estimate of drug-likeness (QED) is 0.839. The molecule has 0 spiro atoms. The number of H-pyrrole nitrogens is 1. The van der Waals surface area contributed by atoms with Crippen molar-refractivity contribution in [1.82, 2.24) is 15.0 Å². The molecule has 1 atom stereocenters. The van der Waals surface area contributed by atoms with Crippen LogP contribution < -0.4 is 0 Å². The molecule has 0 saturated heterocycles. The predicted octanol–water partition coefficient (Wildman–Crippen LogP) is 1.72. The van der Waals surface area contributed by atoms with Gasteiger partial charge in [0, 0.05) is 30.2 Å². The second-order valence-electron chi connectivity index (χ2n) is 3.85. The second-order valence-corrected chi connectivity index (χ2v) is 3.85. The average molecular weight is 231 g/mol. The number of carbonyl (C=O) groups is 1. The maximum atomic E-state index is 10.9. The Morgan fingerprint density at radius 3 is 2.71 bits per heavy atom. The summed E-state index contributed by atoms with van der Waals surface area (Å²) in [5.41, 5.74) is 1.74. The van der Waals surface area contributed by atoms with Crippen molar-refractivity contribution < 1.29 is 9.90 Å². The number of imidazole rings is 1. The lowest BCUT2D eigenvalue weighted by Crippen LogP contribution is -2.08. The standard InChI is InChI=1S/C12H13N3O2/c1-8-14-7-11(15-8)10(6-12(16)17)9-2-4-13-5-3-9/h2-5,7,10H,6H2,1H3,(H,14,15)(H,16,17). The van der Waals surface area contributed by atoms with Crippen LogP contribution in [-0.4, -0.2) is 26.0 Å². The van der Waals surface area contributed by atoms with E-state index in [0.717, 1.165) is 17.1 Å². The Bertz CT molecular complexity index is 507. The summed E-state index contributed by atoms with van der Waals surface area (Å²) in [6.45, 7) is 1.84. The van der Waals surface area contributed by atoms with E-state index in [1.54, 1.807) is 18.6 Å². The summed E-state index contributed by atoms with van der Waals surface area (Å²) in [5.74, 6) is -0.264. The minimum absolute atomic E-state index is 0.0334. The molecule has 5 nitrogen and oxygen atoms in total. The van der Waals surface area contributed by atoms with Crippen LogP contribution in [0.5, 0.6) is 0 Å². The molecule has 2 aromatic heterocycles. The Kier molecular flexibility index (Phi) is 3.18. The van der Waals surface area contributed by atoms with Gasteiger partial charge in [-0.1, -0.05) is 0 Å². The zero-order valence-electron chi connectivity index (χ0n) is 9.42. The molecule has 0 aliphatic carbocycles. The van der Waals surface area contributed by atoms with Gasteiger partial charge in [0.1, 0.15) is 5.82 Å². The summed E-state index contributed by atoms with van der Waals surface area (Å²) in [6, 6.07) is 3.65. The molecular weight excluding hydrogens is 218 g/mol. The molecule has 0 bridgehead atoms. The van der Waals surface area contributed by atoms with Gasteiger partial charge in [-0.2, -0.15) is 0 Å². The molecule has 0 aromatic carbocycles. The molecule has 0 radical (unpaired) electrons. The van der Waals surface area contributed by atoms with Gasteiger partial charge in [0.25, 0.3) is 0 Å². The highest BCUT2D eigenvalue weighted by atomic mass is 16.4. The van der Waals surface area contributed by atoms with Crippen molar-refractivity contribution in [3.8, 4) is 0 Å². The smallest absolute Gasteiger partial charge is 0.304 e. The third-order valence-electron chi connectivity index (χ3n) is 2.59. The van der Waals surface area contributed by atoms with Crippen molar-refractivity contribution in [2.45, 2.75) is 19.3 Å². The van der Waals surface area contributed by atoms with E-state index in [9.17, 15) is 4.79 Å². The van der Waals surface area contributed by atoms with E-state index in [1.807, 2.05) is 19.1 Å². The first-order valence-corrected chi connectivity index (χ1v) is 5.30. The van der Waals surface area contributed by atoms with Gasteiger partial charge in [0.2, 0.25) is 0 Å². The summed E-state index contributed by atoms with van der Waals surface area (Å²) in [6.07, 6.45) is 5.04. The van der Waals surface area contributed by atoms with Crippen molar-refractivity contribution in [3.63, 3.8) is 0 Å². The average Bonchev–Trinajstić information content (AvgIpc) is 2.73. The molecule has 0 saturated carbocycles. The van der Waals surface area contributed by atoms with Crippen LogP contribution in [0, 0.1) is 6.92 Å². The van der Waals surface area contributed by atoms with Crippen molar-refractivity contribution in [3.05, 3.63) is 47.8 Å². The molecule has 2 aromatic rings. The van der Waals surface area contributed by atoms with Gasteiger partial charge < -0.3 is 10.1 Å². The molecule has 1 unspecified atom stereocenters. The van der Waals surface area contributed by atoms with E-state index in [4.69, 9.17) is 5.11 Å². The van der Waals surface area contributed by atoms with Crippen LogP contribution in [0.25, 0.3) is 0 Å². The van der Waals surface area contributed by atoms with Crippen LogP contribution in [0.2, 0.25) is 0 Å². The van der Waals surface area contributed by atoms with E-state index in [-0.39, 0.29) is 12.3 Å². The molecule has 5 heteroatoms. The number of nitrogens with one attached hydrogen (secondary N) is 1. The lowest BCUT2D eigenvalue weighted by atomic mass is 9.94. The Morgan fingerprint density at radius 2 is 2.18 bits per heavy atom. The van der Waals surface area contributed by atoms with Crippen LogP contribution >= 0.6 is 0 Å². The summed E-state index contributed by atoms with van der Waals surface area (Å²) < 4.78 is 0. The highest BCUT2D eigenvalue weighted by Crippen LogP contribution is 2.26. The SMILES string of the molecule is Cc1ncc(C(CC(=O)O)c2ccncc2)[nH]1. The fraction of sp³-hybridized carbons (Fsp3) is 0.250. The molecule has 0 fully saturated rings. The normalized spacial score (nSPS) is 12.3. The highest BCUT2D eigenvalue weighted by Gasteiger charge is 2.19. The van der Waals surface area contributed by atoms with Gasteiger partial charge in [-0.25, -0.2) is 4.98 Å². The van der Waals surface area contributed by atoms with Gasteiger partial charge in [-0.15, -0.1) is 0 Å². The Labute approximate surface area is 98.6 Å². The Hall–Kier alpha value is -2.17. The van der Waals surface area contributed by atoms with Gasteiger partial charge in [0.15, 0.2) is 0 Å². The third-order valence-corrected chi connectivity index (χ3v) is 2.59. The topological polar surface area (TPSA) is 78.9 Å². The number of aromatic amines is 1. The Balaban J connectivity index is 2.35. The number of aliphatic carboxylic acids is 1. The van der Waals surface area contributed by atoms with Crippen LogP contribution in [-0.2, 0) is 4.79 Å². The van der Waals surface area contributed by atoms with E-state index >= 15 is 0 Å². The van der Waals surface area contributed by atoms with Crippen molar-refractivity contribution in [2.24, 2.45) is 0 Å². The van der Waals surface area contributed by atoms with E-state index in [0.29, 0.717) is 0 Å². The third kappa shape index (κ3) is 2.69. The first-order valence-electron chi connectivity index (χ1n) is 5.30. The summed E-state index contributed by atoms with van der Waals surface area (Å²) in [7, 11) is 0. The maximum Gasteiger partial charge on any atom is 0.304 e. The van der Waals surface area contributed by atoms with Crippen LogP contribution in [0.1, 0.15) is 29.4 Å². The number of carboxylic acid groups (broad SMARTS) is 1. The van der Waals surface area contributed by atoms with Crippen LogP contribution in [0.15, 0.2) is 30.7 Å². The van der Waals surface area contributed by atoms with Gasteiger partial charge in [-0.3, -0.25) is 9.78 Å². The molecule has 2 N–H and O–H groups in total. The zero-order valence-corrected chi connectivity index (χ0v) is 9.42. The summed E-state index contributed by atoms with van der Waals surface area (Å²) in [4.78, 5) is 22.0. The van der Waals surface area contributed by atoms with Gasteiger partial charge in [-0.05, 0) is 24.6 Å². The molecule has 2 heterocycles. The fourth-order valence-electron chi connectivity index (χ4n) is 1.79. The van der Waals surface area contributed by atoms with Crippen LogP contribution in [0.3, 0.4) is 0 Å². The number of pyridine rings is 1. The summed E-state index contributed by atoms with van der Waals surface area (Å²) >= 11 is 0. The highest BCUT2D eigenvalue weighted by molar-refractivity contribution is 5.68. The molecular formula is C12H13N3O2. The largest absolute Gasteiger partial charge is 0.481 e. The van der Waals surface area contributed by atoms with E-state index in [2.05, 4.69) is 15.0 Å². The molecule has 88 valence electrons. The monoisotopic (exact) mass is 231 g/mol. The number of rotatable bonds is 4. The van der Waals surface area contributed by atoms with Crippen molar-refractivity contribution >= 4 is 5.97 Å². The first kappa shape index (κ1) is 11.3. The number of nitrogens with zero attached hydrogens (tertiary/aromatic N) is 2. The van der Waals surface area contributed by atoms with Crippen LogP contribution in [0.4, 0.5) is 0 Å². The van der Waals surface area contributed by atoms with Gasteiger partial charge >= 0.3 is 5.97 Å².